The summed E-state index contributed by atoms with van der Waals surface area (Å²) in [4.78, 5) is 11.8. The third-order valence-electron chi connectivity index (χ3n) is 3.06. The first-order chi connectivity index (χ1) is 10.2. The van der Waals surface area contributed by atoms with E-state index in [1.807, 2.05) is 61.5 Å². The van der Waals surface area contributed by atoms with Crippen molar-refractivity contribution in [3.8, 4) is 5.75 Å². The Morgan fingerprint density at radius 3 is 2.38 bits per heavy atom. The summed E-state index contributed by atoms with van der Waals surface area (Å²) in [6.07, 6.45) is 0.320. The smallest absolute Gasteiger partial charge is 0.244 e. The molecular formula is C17H18N2O2. The maximum absolute atomic E-state index is 11.8. The zero-order valence-corrected chi connectivity index (χ0v) is 12.2. The molecule has 1 amide bonds. The summed E-state index contributed by atoms with van der Waals surface area (Å²) in [5.74, 6) is 0.661. The molecule has 0 atom stereocenters. The fourth-order valence-electron chi connectivity index (χ4n) is 1.86. The first kappa shape index (κ1) is 14.8. The Morgan fingerprint density at radius 2 is 1.76 bits per heavy atom. The number of amides is 1. The molecule has 0 radical (unpaired) electrons. The van der Waals surface area contributed by atoms with E-state index in [9.17, 15) is 4.79 Å². The molecule has 0 aliphatic carbocycles. The molecule has 0 spiro atoms. The van der Waals surface area contributed by atoms with Gasteiger partial charge in [0, 0.05) is 0 Å². The fourth-order valence-corrected chi connectivity index (χ4v) is 1.86. The first-order valence-corrected chi connectivity index (χ1v) is 6.70. The van der Waals surface area contributed by atoms with Crippen LogP contribution in [0.5, 0.6) is 5.75 Å². The van der Waals surface area contributed by atoms with Gasteiger partial charge in [-0.1, -0.05) is 30.3 Å². The number of carbonyl (C=O) groups is 1. The Bertz CT molecular complexity index is 619. The Kier molecular flexibility index (Phi) is 5.10. The molecule has 1 N–H and O–H groups in total. The summed E-state index contributed by atoms with van der Waals surface area (Å²) in [5, 5.41) is 4.12. The summed E-state index contributed by atoms with van der Waals surface area (Å²) >= 11 is 0. The minimum Gasteiger partial charge on any atom is -0.497 e. The Labute approximate surface area is 124 Å². The second-order valence-electron chi connectivity index (χ2n) is 4.62. The van der Waals surface area contributed by atoms with E-state index in [4.69, 9.17) is 4.74 Å². The van der Waals surface area contributed by atoms with Crippen molar-refractivity contribution in [3.63, 3.8) is 0 Å². The fraction of sp³-hybridized carbons (Fsp3) is 0.176. The minimum atomic E-state index is -0.130. The molecule has 2 aromatic rings. The first-order valence-electron chi connectivity index (χ1n) is 6.70. The predicted octanol–water partition coefficient (Wildman–Crippen LogP) is 2.78. The maximum atomic E-state index is 11.8. The standard InChI is InChI=1S/C17H18N2O2/c1-13(15-8-10-16(21-2)11-9-15)18-19-17(20)12-14-6-4-3-5-7-14/h3-11H,12H2,1-2H3,(H,19,20)/b18-13-. The van der Waals surface area contributed by atoms with Crippen LogP contribution in [0.1, 0.15) is 18.1 Å². The molecule has 0 heterocycles. The van der Waals surface area contributed by atoms with Gasteiger partial charge < -0.3 is 4.74 Å². The highest BCUT2D eigenvalue weighted by Gasteiger charge is 2.03. The number of methoxy groups -OCH3 is 1. The van der Waals surface area contributed by atoms with Gasteiger partial charge in [0.05, 0.1) is 19.2 Å². The quantitative estimate of drug-likeness (QED) is 0.677. The van der Waals surface area contributed by atoms with E-state index in [2.05, 4.69) is 10.5 Å². The van der Waals surface area contributed by atoms with Crippen molar-refractivity contribution in [3.05, 3.63) is 65.7 Å². The van der Waals surface area contributed by atoms with Gasteiger partial charge in [-0.3, -0.25) is 4.79 Å². The zero-order chi connectivity index (χ0) is 15.1. The number of benzene rings is 2. The third kappa shape index (κ3) is 4.45. The summed E-state index contributed by atoms with van der Waals surface area (Å²) in [6.45, 7) is 1.85. The van der Waals surface area contributed by atoms with Gasteiger partial charge in [-0.05, 0) is 42.3 Å². The highest BCUT2D eigenvalue weighted by Crippen LogP contribution is 2.11. The van der Waals surface area contributed by atoms with Gasteiger partial charge in [0.2, 0.25) is 5.91 Å². The topological polar surface area (TPSA) is 50.7 Å². The molecule has 0 saturated heterocycles. The van der Waals surface area contributed by atoms with Crippen LogP contribution in [0.4, 0.5) is 0 Å². The minimum absolute atomic E-state index is 0.130. The van der Waals surface area contributed by atoms with Gasteiger partial charge >= 0.3 is 0 Å². The summed E-state index contributed by atoms with van der Waals surface area (Å²) in [5.41, 5.74) is 5.23. The average molecular weight is 282 g/mol. The van der Waals surface area contributed by atoms with Gasteiger partial charge in [0.15, 0.2) is 0 Å². The Balaban J connectivity index is 1.94. The van der Waals surface area contributed by atoms with E-state index in [1.165, 1.54) is 0 Å². The molecule has 21 heavy (non-hydrogen) atoms. The number of nitrogens with one attached hydrogen (secondary N) is 1. The second-order valence-corrected chi connectivity index (χ2v) is 4.62. The molecule has 0 unspecified atom stereocenters. The molecular weight excluding hydrogens is 264 g/mol. The van der Waals surface area contributed by atoms with Gasteiger partial charge in [0.25, 0.3) is 0 Å². The number of carbonyl (C=O) groups excluding carboxylic acids is 1. The van der Waals surface area contributed by atoms with Crippen molar-refractivity contribution in [2.75, 3.05) is 7.11 Å². The summed E-state index contributed by atoms with van der Waals surface area (Å²) in [6, 6.07) is 17.1. The zero-order valence-electron chi connectivity index (χ0n) is 12.2. The van der Waals surface area contributed by atoms with Crippen LogP contribution in [0.3, 0.4) is 0 Å². The number of hydrazone groups is 1. The normalized spacial score (nSPS) is 11.0. The van der Waals surface area contributed by atoms with E-state index in [0.29, 0.717) is 6.42 Å². The van der Waals surface area contributed by atoms with Crippen LogP contribution in [0.2, 0.25) is 0 Å². The van der Waals surface area contributed by atoms with E-state index < -0.39 is 0 Å². The van der Waals surface area contributed by atoms with Crippen LogP contribution in [-0.2, 0) is 11.2 Å². The van der Waals surface area contributed by atoms with Crippen LogP contribution < -0.4 is 10.2 Å². The lowest BCUT2D eigenvalue weighted by molar-refractivity contribution is -0.120. The van der Waals surface area contributed by atoms with Crippen LogP contribution in [-0.4, -0.2) is 18.7 Å². The van der Waals surface area contributed by atoms with Gasteiger partial charge in [-0.15, -0.1) is 0 Å². The maximum Gasteiger partial charge on any atom is 0.244 e. The van der Waals surface area contributed by atoms with Crippen molar-refractivity contribution in [1.82, 2.24) is 5.43 Å². The monoisotopic (exact) mass is 282 g/mol. The van der Waals surface area contributed by atoms with Crippen LogP contribution >= 0.6 is 0 Å². The van der Waals surface area contributed by atoms with E-state index in [1.54, 1.807) is 7.11 Å². The second kappa shape index (κ2) is 7.24. The molecule has 0 aromatic heterocycles. The molecule has 0 bridgehead atoms. The van der Waals surface area contributed by atoms with E-state index in [0.717, 1.165) is 22.6 Å². The van der Waals surface area contributed by atoms with Crippen molar-refractivity contribution in [1.29, 1.82) is 0 Å². The number of ether oxygens (including phenoxy) is 1. The molecule has 0 saturated carbocycles. The SMILES string of the molecule is COc1ccc(/C(C)=N\NC(=O)Cc2ccccc2)cc1. The van der Waals surface area contributed by atoms with E-state index >= 15 is 0 Å². The van der Waals surface area contributed by atoms with Gasteiger partial charge in [-0.25, -0.2) is 5.43 Å². The van der Waals surface area contributed by atoms with Crippen LogP contribution in [0.25, 0.3) is 0 Å². The molecule has 2 rings (SSSR count). The highest BCUT2D eigenvalue weighted by molar-refractivity contribution is 5.99. The van der Waals surface area contributed by atoms with Crippen molar-refractivity contribution in [2.24, 2.45) is 5.10 Å². The largest absolute Gasteiger partial charge is 0.497 e. The highest BCUT2D eigenvalue weighted by atomic mass is 16.5. The lowest BCUT2D eigenvalue weighted by atomic mass is 10.1. The number of rotatable bonds is 5. The summed E-state index contributed by atoms with van der Waals surface area (Å²) < 4.78 is 5.10. The molecule has 108 valence electrons. The Morgan fingerprint density at radius 1 is 1.10 bits per heavy atom. The number of nitrogens with zero attached hydrogens (tertiary/aromatic N) is 1. The lowest BCUT2D eigenvalue weighted by Gasteiger charge is -2.04. The van der Waals surface area contributed by atoms with Gasteiger partial charge in [-0.2, -0.15) is 5.10 Å². The Hall–Kier alpha value is -2.62. The van der Waals surface area contributed by atoms with Crippen LogP contribution in [0, 0.1) is 0 Å². The van der Waals surface area contributed by atoms with Gasteiger partial charge in [0.1, 0.15) is 5.75 Å². The molecule has 0 aliphatic rings. The number of hydrogen-bond acceptors (Lipinski definition) is 3. The average Bonchev–Trinajstić information content (AvgIpc) is 2.53. The number of hydrogen-bond donors (Lipinski definition) is 1. The van der Waals surface area contributed by atoms with Crippen molar-refractivity contribution in [2.45, 2.75) is 13.3 Å². The molecule has 0 aliphatic heterocycles. The van der Waals surface area contributed by atoms with Crippen molar-refractivity contribution >= 4 is 11.6 Å². The molecule has 2 aromatic carbocycles. The van der Waals surface area contributed by atoms with Crippen molar-refractivity contribution < 1.29 is 9.53 Å². The molecule has 4 nitrogen and oxygen atoms in total. The predicted molar refractivity (Wildman–Crippen MR) is 83.5 cm³/mol. The lowest BCUT2D eigenvalue weighted by Crippen LogP contribution is -2.21. The molecule has 0 fully saturated rings. The van der Waals surface area contributed by atoms with Crippen LogP contribution in [0.15, 0.2) is 59.7 Å². The summed E-state index contributed by atoms with van der Waals surface area (Å²) in [7, 11) is 1.62. The molecule has 4 heteroatoms. The third-order valence-corrected chi connectivity index (χ3v) is 3.06. The van der Waals surface area contributed by atoms with E-state index in [-0.39, 0.29) is 5.91 Å².